The lowest BCUT2D eigenvalue weighted by Gasteiger charge is -2.18. The summed E-state index contributed by atoms with van der Waals surface area (Å²) < 4.78 is 16.7. The molecule has 0 heterocycles. The number of unbranched alkanes of at least 4 members (excludes halogenated alkanes) is 13. The number of ether oxygens (including phenoxy) is 3. The van der Waals surface area contributed by atoms with E-state index in [4.69, 9.17) is 14.2 Å². The summed E-state index contributed by atoms with van der Waals surface area (Å²) in [5, 5.41) is 0. The van der Waals surface area contributed by atoms with Gasteiger partial charge in [0.15, 0.2) is 6.10 Å². The SMILES string of the molecule is CC\C=C/C=C\C=C/C=C\CCCCCC(=O)OCC(COC(=O)CC/C=C\C/C=C\C/C=C\C/C=C\C/C=C\C/C=C\CC)OC(=O)CCCCCCCCC/C=C\C/C=C\CCCCC. The van der Waals surface area contributed by atoms with Crippen molar-refractivity contribution in [3.05, 3.63) is 146 Å². The summed E-state index contributed by atoms with van der Waals surface area (Å²) in [6.07, 6.45) is 77.0. The predicted molar refractivity (Wildman–Crippen MR) is 288 cm³/mol. The van der Waals surface area contributed by atoms with Gasteiger partial charge in [0.05, 0.1) is 0 Å². The van der Waals surface area contributed by atoms with E-state index in [2.05, 4.69) is 118 Å². The van der Waals surface area contributed by atoms with Gasteiger partial charge in [-0.25, -0.2) is 0 Å². The largest absolute Gasteiger partial charge is 0.462 e. The Hall–Kier alpha value is -4.71. The van der Waals surface area contributed by atoms with Gasteiger partial charge in [-0.15, -0.1) is 0 Å². The van der Waals surface area contributed by atoms with Crippen LogP contribution in [-0.4, -0.2) is 37.2 Å². The van der Waals surface area contributed by atoms with Crippen LogP contribution in [0, 0.1) is 0 Å². The number of carbonyl (C=O) groups is 3. The van der Waals surface area contributed by atoms with Crippen LogP contribution < -0.4 is 0 Å². The molecule has 0 aliphatic heterocycles. The van der Waals surface area contributed by atoms with Crippen LogP contribution in [0.4, 0.5) is 0 Å². The molecule has 0 aliphatic carbocycles. The third kappa shape index (κ3) is 52.1. The van der Waals surface area contributed by atoms with Crippen LogP contribution in [-0.2, 0) is 28.6 Å². The molecular formula is C61H94O6. The highest BCUT2D eigenvalue weighted by Gasteiger charge is 2.19. The third-order valence-corrected chi connectivity index (χ3v) is 10.4. The first-order valence-electron chi connectivity index (χ1n) is 26.4. The van der Waals surface area contributed by atoms with Gasteiger partial charge >= 0.3 is 17.9 Å². The molecule has 0 rings (SSSR count). The highest BCUT2D eigenvalue weighted by atomic mass is 16.6. The number of carbonyl (C=O) groups excluding carboxylic acids is 3. The van der Waals surface area contributed by atoms with Crippen LogP contribution in [0.3, 0.4) is 0 Å². The monoisotopic (exact) mass is 923 g/mol. The first kappa shape index (κ1) is 62.3. The van der Waals surface area contributed by atoms with E-state index >= 15 is 0 Å². The lowest BCUT2D eigenvalue weighted by molar-refractivity contribution is -0.166. The lowest BCUT2D eigenvalue weighted by Crippen LogP contribution is -2.30. The van der Waals surface area contributed by atoms with E-state index < -0.39 is 6.10 Å². The maximum Gasteiger partial charge on any atom is 0.306 e. The van der Waals surface area contributed by atoms with Gasteiger partial charge in [-0.2, -0.15) is 0 Å². The van der Waals surface area contributed by atoms with E-state index in [1.165, 1.54) is 44.9 Å². The Morgan fingerprint density at radius 1 is 0.328 bits per heavy atom. The Labute approximate surface area is 410 Å². The van der Waals surface area contributed by atoms with Gasteiger partial charge in [0, 0.05) is 19.3 Å². The van der Waals surface area contributed by atoms with Crippen molar-refractivity contribution in [3.8, 4) is 0 Å². The summed E-state index contributed by atoms with van der Waals surface area (Å²) in [5.74, 6) is -1.07. The Morgan fingerprint density at radius 3 is 1.19 bits per heavy atom. The quantitative estimate of drug-likeness (QED) is 0.0199. The van der Waals surface area contributed by atoms with Crippen LogP contribution in [0.5, 0.6) is 0 Å². The molecular weight excluding hydrogens is 829 g/mol. The van der Waals surface area contributed by atoms with E-state index in [9.17, 15) is 14.4 Å². The highest BCUT2D eigenvalue weighted by Crippen LogP contribution is 2.12. The second-order valence-corrected chi connectivity index (χ2v) is 16.8. The summed E-state index contributed by atoms with van der Waals surface area (Å²) in [6.45, 7) is 6.23. The van der Waals surface area contributed by atoms with Crippen LogP contribution in [0.15, 0.2) is 146 Å². The van der Waals surface area contributed by atoms with Crippen LogP contribution in [0.2, 0.25) is 0 Å². The zero-order chi connectivity index (χ0) is 48.6. The second-order valence-electron chi connectivity index (χ2n) is 16.8. The molecule has 0 fully saturated rings. The van der Waals surface area contributed by atoms with Crippen molar-refractivity contribution in [3.63, 3.8) is 0 Å². The molecule has 0 radical (unpaired) electrons. The van der Waals surface area contributed by atoms with Gasteiger partial charge in [-0.1, -0.05) is 218 Å². The molecule has 67 heavy (non-hydrogen) atoms. The Kier molecular flexibility index (Phi) is 50.1. The van der Waals surface area contributed by atoms with Gasteiger partial charge in [-0.3, -0.25) is 14.4 Å². The van der Waals surface area contributed by atoms with Crippen molar-refractivity contribution in [2.24, 2.45) is 0 Å². The Balaban J connectivity index is 4.59. The molecule has 0 aromatic rings. The molecule has 0 saturated heterocycles. The van der Waals surface area contributed by atoms with E-state index in [1.54, 1.807) is 0 Å². The molecule has 1 unspecified atom stereocenters. The normalized spacial score (nSPS) is 13.3. The van der Waals surface area contributed by atoms with Gasteiger partial charge in [0.25, 0.3) is 0 Å². The first-order chi connectivity index (χ1) is 33.0. The minimum atomic E-state index is -0.835. The van der Waals surface area contributed by atoms with E-state index in [0.29, 0.717) is 12.8 Å². The maximum absolute atomic E-state index is 12.8. The molecule has 374 valence electrons. The minimum absolute atomic E-state index is 0.131. The van der Waals surface area contributed by atoms with Gasteiger partial charge in [0.1, 0.15) is 13.2 Å². The molecule has 0 amide bonds. The van der Waals surface area contributed by atoms with Gasteiger partial charge in [0.2, 0.25) is 0 Å². The van der Waals surface area contributed by atoms with E-state index in [1.807, 2.05) is 48.6 Å². The van der Waals surface area contributed by atoms with Crippen LogP contribution >= 0.6 is 0 Å². The molecule has 0 bridgehead atoms. The third-order valence-electron chi connectivity index (χ3n) is 10.4. The van der Waals surface area contributed by atoms with Crippen molar-refractivity contribution < 1.29 is 28.6 Å². The molecule has 6 heteroatoms. The van der Waals surface area contributed by atoms with E-state index in [-0.39, 0.29) is 44.0 Å². The molecule has 0 aromatic carbocycles. The first-order valence-corrected chi connectivity index (χ1v) is 26.4. The maximum atomic E-state index is 12.8. The fourth-order valence-corrected chi connectivity index (χ4v) is 6.51. The number of hydrogen-bond acceptors (Lipinski definition) is 6. The molecule has 0 spiro atoms. The van der Waals surface area contributed by atoms with Crippen LogP contribution in [0.25, 0.3) is 0 Å². The van der Waals surface area contributed by atoms with Crippen molar-refractivity contribution in [2.45, 2.75) is 207 Å². The Bertz CT molecular complexity index is 1530. The number of allylic oxidation sites excluding steroid dienone is 24. The summed E-state index contributed by atoms with van der Waals surface area (Å²) in [6, 6.07) is 0. The average molecular weight is 923 g/mol. The van der Waals surface area contributed by atoms with Gasteiger partial charge < -0.3 is 14.2 Å². The lowest BCUT2D eigenvalue weighted by atomic mass is 10.1. The summed E-state index contributed by atoms with van der Waals surface area (Å²) >= 11 is 0. The van der Waals surface area contributed by atoms with Crippen molar-refractivity contribution in [1.82, 2.24) is 0 Å². The summed E-state index contributed by atoms with van der Waals surface area (Å²) in [7, 11) is 0. The number of hydrogen-bond donors (Lipinski definition) is 0. The zero-order valence-electron chi connectivity index (χ0n) is 42.6. The zero-order valence-corrected chi connectivity index (χ0v) is 42.6. The number of esters is 3. The Morgan fingerprint density at radius 2 is 0.687 bits per heavy atom. The van der Waals surface area contributed by atoms with Crippen molar-refractivity contribution in [1.29, 1.82) is 0 Å². The predicted octanol–water partition coefficient (Wildman–Crippen LogP) is 17.6. The molecule has 0 N–H and O–H groups in total. The number of rotatable bonds is 45. The molecule has 1 atom stereocenters. The molecule has 6 nitrogen and oxygen atoms in total. The standard InChI is InChI=1S/C61H94O6/c1-4-7-10-13-16-19-22-25-27-29-30-32-33-36-39-42-45-48-51-54-60(63)66-57-58(56-65-59(62)53-50-47-44-41-38-35-24-21-18-15-12-9-6-3)67-61(64)55-52-49-46-43-40-37-34-31-28-26-23-20-17-14-11-8-5-2/h7,9-10,12,15-21,24-28,30,32,35-36,38-39,45,48,58H,4-6,8,11,13-14,22-23,29,31,33-34,37,40-44,46-47,49-57H2,1-3H3/b10-7-,12-9-,18-15-,19-16-,20-17-,24-21-,27-25-,28-26-,32-30-,38-35-,39-36-,48-45-. The minimum Gasteiger partial charge on any atom is -0.462 e. The molecule has 0 saturated carbocycles. The van der Waals surface area contributed by atoms with E-state index in [0.717, 1.165) is 109 Å². The van der Waals surface area contributed by atoms with Crippen molar-refractivity contribution >= 4 is 17.9 Å². The fourth-order valence-electron chi connectivity index (χ4n) is 6.51. The fraction of sp³-hybridized carbons (Fsp3) is 0.557. The highest BCUT2D eigenvalue weighted by molar-refractivity contribution is 5.71. The average Bonchev–Trinajstić information content (AvgIpc) is 3.33. The topological polar surface area (TPSA) is 78.9 Å². The van der Waals surface area contributed by atoms with Gasteiger partial charge in [-0.05, 0) is 109 Å². The smallest absolute Gasteiger partial charge is 0.306 e. The molecule has 0 aromatic heterocycles. The second kappa shape index (κ2) is 53.9. The van der Waals surface area contributed by atoms with Crippen molar-refractivity contribution in [2.75, 3.05) is 13.2 Å². The molecule has 0 aliphatic rings. The summed E-state index contributed by atoms with van der Waals surface area (Å²) in [5.41, 5.74) is 0. The summed E-state index contributed by atoms with van der Waals surface area (Å²) in [4.78, 5) is 38.0. The van der Waals surface area contributed by atoms with Crippen LogP contribution in [0.1, 0.15) is 201 Å².